The van der Waals surface area contributed by atoms with E-state index in [0.29, 0.717) is 5.92 Å². The molecule has 27 heavy (non-hydrogen) atoms. The SMILES string of the molecule is COc1cccc(Cn2c(-c3ccc(C(C)C)cc3)nc3ccccc32)c1. The van der Waals surface area contributed by atoms with Crippen LogP contribution in [0.3, 0.4) is 0 Å². The maximum Gasteiger partial charge on any atom is 0.141 e. The molecule has 4 aromatic rings. The number of benzene rings is 3. The van der Waals surface area contributed by atoms with Crippen molar-refractivity contribution in [1.82, 2.24) is 9.55 Å². The van der Waals surface area contributed by atoms with Crippen molar-refractivity contribution >= 4 is 11.0 Å². The van der Waals surface area contributed by atoms with Gasteiger partial charge in [-0.25, -0.2) is 4.98 Å². The molecule has 0 aliphatic carbocycles. The summed E-state index contributed by atoms with van der Waals surface area (Å²) >= 11 is 0. The summed E-state index contributed by atoms with van der Waals surface area (Å²) in [6.45, 7) is 5.18. The molecule has 0 unspecified atom stereocenters. The number of methoxy groups -OCH3 is 1. The Balaban J connectivity index is 1.81. The largest absolute Gasteiger partial charge is 0.497 e. The highest BCUT2D eigenvalue weighted by atomic mass is 16.5. The highest BCUT2D eigenvalue weighted by molar-refractivity contribution is 5.80. The Labute approximate surface area is 160 Å². The number of rotatable bonds is 5. The molecule has 0 amide bonds. The number of para-hydroxylation sites is 2. The lowest BCUT2D eigenvalue weighted by Crippen LogP contribution is -2.02. The van der Waals surface area contributed by atoms with Crippen LogP contribution < -0.4 is 4.74 Å². The Morgan fingerprint density at radius 3 is 2.44 bits per heavy atom. The van der Waals surface area contributed by atoms with Gasteiger partial charge in [-0.15, -0.1) is 0 Å². The zero-order valence-corrected chi connectivity index (χ0v) is 16.0. The van der Waals surface area contributed by atoms with E-state index in [0.717, 1.165) is 34.7 Å². The van der Waals surface area contributed by atoms with E-state index in [1.165, 1.54) is 11.1 Å². The summed E-state index contributed by atoms with van der Waals surface area (Å²) in [5.41, 5.74) is 5.83. The maximum atomic E-state index is 5.39. The Bertz CT molecular complexity index is 1060. The highest BCUT2D eigenvalue weighted by Gasteiger charge is 2.13. The zero-order valence-electron chi connectivity index (χ0n) is 16.0. The van der Waals surface area contributed by atoms with Crippen LogP contribution in [0, 0.1) is 0 Å². The lowest BCUT2D eigenvalue weighted by molar-refractivity contribution is 0.414. The monoisotopic (exact) mass is 356 g/mol. The summed E-state index contributed by atoms with van der Waals surface area (Å²) in [5.74, 6) is 2.39. The first-order chi connectivity index (χ1) is 13.2. The van der Waals surface area contributed by atoms with E-state index >= 15 is 0 Å². The summed E-state index contributed by atoms with van der Waals surface area (Å²) < 4.78 is 7.67. The van der Waals surface area contributed by atoms with Crippen LogP contribution >= 0.6 is 0 Å². The third kappa shape index (κ3) is 3.45. The first-order valence-corrected chi connectivity index (χ1v) is 9.34. The Hall–Kier alpha value is -3.07. The topological polar surface area (TPSA) is 27.1 Å². The summed E-state index contributed by atoms with van der Waals surface area (Å²) in [5, 5.41) is 0. The van der Waals surface area contributed by atoms with Gasteiger partial charge in [-0.1, -0.05) is 62.4 Å². The predicted molar refractivity (Wildman–Crippen MR) is 111 cm³/mol. The molecule has 3 heteroatoms. The fourth-order valence-corrected chi connectivity index (χ4v) is 3.43. The van der Waals surface area contributed by atoms with Crippen LogP contribution in [0.1, 0.15) is 30.9 Å². The van der Waals surface area contributed by atoms with Gasteiger partial charge in [-0.2, -0.15) is 0 Å². The number of aromatic nitrogens is 2. The van der Waals surface area contributed by atoms with E-state index in [-0.39, 0.29) is 0 Å². The molecule has 3 nitrogen and oxygen atoms in total. The van der Waals surface area contributed by atoms with Gasteiger partial charge < -0.3 is 9.30 Å². The van der Waals surface area contributed by atoms with Crippen molar-refractivity contribution in [2.24, 2.45) is 0 Å². The molecule has 136 valence electrons. The molecule has 0 aliphatic rings. The molecule has 0 aliphatic heterocycles. The second-order valence-electron chi connectivity index (χ2n) is 7.14. The maximum absolute atomic E-state index is 5.39. The predicted octanol–water partition coefficient (Wildman–Crippen LogP) is 5.88. The average Bonchev–Trinajstić information content (AvgIpc) is 3.07. The molecule has 1 heterocycles. The van der Waals surface area contributed by atoms with Gasteiger partial charge in [-0.3, -0.25) is 0 Å². The van der Waals surface area contributed by atoms with Crippen LogP contribution in [0.2, 0.25) is 0 Å². The first-order valence-electron chi connectivity index (χ1n) is 9.34. The third-order valence-electron chi connectivity index (χ3n) is 4.96. The van der Waals surface area contributed by atoms with E-state index in [4.69, 9.17) is 9.72 Å². The molecular formula is C24H24N2O. The summed E-state index contributed by atoms with van der Waals surface area (Å²) in [7, 11) is 1.70. The van der Waals surface area contributed by atoms with Gasteiger partial charge >= 0.3 is 0 Å². The van der Waals surface area contributed by atoms with Gasteiger partial charge in [0.25, 0.3) is 0 Å². The van der Waals surface area contributed by atoms with Gasteiger partial charge in [0.15, 0.2) is 0 Å². The van der Waals surface area contributed by atoms with Gasteiger partial charge in [0.1, 0.15) is 11.6 Å². The van der Waals surface area contributed by atoms with Crippen LogP contribution in [0.4, 0.5) is 0 Å². The number of hydrogen-bond acceptors (Lipinski definition) is 2. The van der Waals surface area contributed by atoms with Gasteiger partial charge in [-0.05, 0) is 41.3 Å². The molecule has 0 bridgehead atoms. The second-order valence-corrected chi connectivity index (χ2v) is 7.14. The van der Waals surface area contributed by atoms with E-state index in [2.05, 4.69) is 73.0 Å². The fourth-order valence-electron chi connectivity index (χ4n) is 3.43. The van der Waals surface area contributed by atoms with Crippen molar-refractivity contribution in [2.45, 2.75) is 26.3 Å². The Morgan fingerprint density at radius 2 is 1.70 bits per heavy atom. The van der Waals surface area contributed by atoms with Crippen LogP contribution in [-0.4, -0.2) is 16.7 Å². The quantitative estimate of drug-likeness (QED) is 0.446. The molecule has 0 fully saturated rings. The molecule has 4 rings (SSSR count). The number of hydrogen-bond donors (Lipinski definition) is 0. The third-order valence-corrected chi connectivity index (χ3v) is 4.96. The van der Waals surface area contributed by atoms with Crippen molar-refractivity contribution in [2.75, 3.05) is 7.11 Å². The number of imidazole rings is 1. The summed E-state index contributed by atoms with van der Waals surface area (Å²) in [4.78, 5) is 4.93. The molecule has 0 radical (unpaired) electrons. The standard InChI is InChI=1S/C24H24N2O/c1-17(2)19-11-13-20(14-12-19)24-25-22-9-4-5-10-23(22)26(24)16-18-7-6-8-21(15-18)27-3/h4-15,17H,16H2,1-3H3. The van der Waals surface area contributed by atoms with E-state index in [9.17, 15) is 0 Å². The lowest BCUT2D eigenvalue weighted by atomic mass is 10.0. The van der Waals surface area contributed by atoms with E-state index < -0.39 is 0 Å². The van der Waals surface area contributed by atoms with Crippen molar-refractivity contribution in [1.29, 1.82) is 0 Å². The molecule has 3 aromatic carbocycles. The van der Waals surface area contributed by atoms with Crippen LogP contribution in [0.15, 0.2) is 72.8 Å². The molecule has 0 saturated carbocycles. The van der Waals surface area contributed by atoms with Gasteiger partial charge in [0, 0.05) is 12.1 Å². The number of nitrogens with zero attached hydrogens (tertiary/aromatic N) is 2. The van der Waals surface area contributed by atoms with Crippen molar-refractivity contribution in [3.8, 4) is 17.1 Å². The van der Waals surface area contributed by atoms with Crippen LogP contribution in [0.5, 0.6) is 5.75 Å². The second kappa shape index (κ2) is 7.28. The molecule has 0 N–H and O–H groups in total. The van der Waals surface area contributed by atoms with Gasteiger partial charge in [0.05, 0.1) is 18.1 Å². The Kier molecular flexibility index (Phi) is 4.68. The van der Waals surface area contributed by atoms with E-state index in [1.54, 1.807) is 7.11 Å². The first kappa shape index (κ1) is 17.3. The van der Waals surface area contributed by atoms with Crippen molar-refractivity contribution in [3.05, 3.63) is 83.9 Å². The number of fused-ring (bicyclic) bond motifs is 1. The molecule has 0 atom stereocenters. The normalized spacial score (nSPS) is 11.3. The highest BCUT2D eigenvalue weighted by Crippen LogP contribution is 2.28. The number of ether oxygens (including phenoxy) is 1. The van der Waals surface area contributed by atoms with Crippen molar-refractivity contribution < 1.29 is 4.74 Å². The Morgan fingerprint density at radius 1 is 0.926 bits per heavy atom. The minimum absolute atomic E-state index is 0.523. The molecule has 1 aromatic heterocycles. The van der Waals surface area contributed by atoms with Crippen LogP contribution in [-0.2, 0) is 6.54 Å². The minimum atomic E-state index is 0.523. The smallest absolute Gasteiger partial charge is 0.141 e. The molecule has 0 saturated heterocycles. The summed E-state index contributed by atoms with van der Waals surface area (Å²) in [6.07, 6.45) is 0. The lowest BCUT2D eigenvalue weighted by Gasteiger charge is -2.12. The molecule has 0 spiro atoms. The van der Waals surface area contributed by atoms with Crippen molar-refractivity contribution in [3.63, 3.8) is 0 Å². The minimum Gasteiger partial charge on any atom is -0.497 e. The fraction of sp³-hybridized carbons (Fsp3) is 0.208. The summed E-state index contributed by atoms with van der Waals surface area (Å²) in [6, 6.07) is 25.3. The van der Waals surface area contributed by atoms with Gasteiger partial charge in [0.2, 0.25) is 0 Å². The zero-order chi connectivity index (χ0) is 18.8. The molecular weight excluding hydrogens is 332 g/mol. The van der Waals surface area contributed by atoms with E-state index in [1.807, 2.05) is 18.2 Å². The average molecular weight is 356 g/mol. The van der Waals surface area contributed by atoms with Crippen LogP contribution in [0.25, 0.3) is 22.4 Å².